The van der Waals surface area contributed by atoms with Gasteiger partial charge in [-0.05, 0) is 38.5 Å². The number of nitrogens with two attached hydrogens (primary N) is 1. The number of piperazine rings is 1. The Bertz CT molecular complexity index is 736. The van der Waals surface area contributed by atoms with Gasteiger partial charge in [0.25, 0.3) is 0 Å². The van der Waals surface area contributed by atoms with Gasteiger partial charge in [-0.3, -0.25) is 0 Å². The molecule has 0 radical (unpaired) electrons. The van der Waals surface area contributed by atoms with Gasteiger partial charge in [-0.2, -0.15) is 0 Å². The van der Waals surface area contributed by atoms with Gasteiger partial charge in [-0.15, -0.1) is 11.3 Å². The monoisotopic (exact) mass is 403 g/mol. The van der Waals surface area contributed by atoms with Gasteiger partial charge < -0.3 is 15.5 Å². The molecule has 2 aliphatic heterocycles. The van der Waals surface area contributed by atoms with Crippen LogP contribution in [0.3, 0.4) is 0 Å². The van der Waals surface area contributed by atoms with E-state index in [1.165, 1.54) is 16.1 Å². The van der Waals surface area contributed by atoms with Crippen LogP contribution < -0.4 is 5.73 Å². The average molecular weight is 404 g/mol. The van der Waals surface area contributed by atoms with Gasteiger partial charge in [0.05, 0.1) is 5.69 Å². The van der Waals surface area contributed by atoms with Gasteiger partial charge in [-0.25, -0.2) is 9.98 Å². The highest BCUT2D eigenvalue weighted by atomic mass is 32.1. The fourth-order valence-electron chi connectivity index (χ4n) is 3.47. The van der Waals surface area contributed by atoms with Crippen LogP contribution in [0.25, 0.3) is 0 Å². The SMILES string of the molecule is CC.CCCc1sc(C2=NC(N)=C(CC)CC(N3CCN(C)CC3)=C2)nc1C. The summed E-state index contributed by atoms with van der Waals surface area (Å²) in [6.45, 7) is 14.8. The topological polar surface area (TPSA) is 57.8 Å². The van der Waals surface area contributed by atoms with Gasteiger partial charge in [0, 0.05) is 43.2 Å². The summed E-state index contributed by atoms with van der Waals surface area (Å²) < 4.78 is 0. The number of aromatic nitrogens is 1. The number of allylic oxidation sites excluding steroid dienone is 2. The fraction of sp³-hybridized carbons (Fsp3) is 0.636. The summed E-state index contributed by atoms with van der Waals surface area (Å²) in [5.74, 6) is 0.674. The van der Waals surface area contributed by atoms with Crippen LogP contribution in [0.2, 0.25) is 0 Å². The molecule has 0 aliphatic carbocycles. The first-order chi connectivity index (χ1) is 13.5. The molecule has 0 saturated carbocycles. The summed E-state index contributed by atoms with van der Waals surface area (Å²) in [7, 11) is 2.19. The van der Waals surface area contributed by atoms with Crippen molar-refractivity contribution in [3.05, 3.63) is 38.7 Å². The van der Waals surface area contributed by atoms with Crippen LogP contribution >= 0.6 is 11.3 Å². The molecule has 1 saturated heterocycles. The van der Waals surface area contributed by atoms with Gasteiger partial charge >= 0.3 is 0 Å². The Morgan fingerprint density at radius 1 is 1.14 bits per heavy atom. The smallest absolute Gasteiger partial charge is 0.142 e. The molecule has 0 amide bonds. The molecule has 156 valence electrons. The van der Waals surface area contributed by atoms with E-state index < -0.39 is 0 Å². The van der Waals surface area contributed by atoms with E-state index in [9.17, 15) is 0 Å². The van der Waals surface area contributed by atoms with Gasteiger partial charge in [0.1, 0.15) is 16.5 Å². The van der Waals surface area contributed by atoms with Crippen molar-refractivity contribution in [1.29, 1.82) is 0 Å². The van der Waals surface area contributed by atoms with E-state index in [0.29, 0.717) is 5.82 Å². The van der Waals surface area contributed by atoms with Gasteiger partial charge in [-0.1, -0.05) is 34.1 Å². The quantitative estimate of drug-likeness (QED) is 0.795. The second-order valence-electron chi connectivity index (χ2n) is 7.22. The summed E-state index contributed by atoms with van der Waals surface area (Å²) in [5, 5.41) is 0.998. The summed E-state index contributed by atoms with van der Waals surface area (Å²) in [4.78, 5) is 15.8. The average Bonchev–Trinajstić information content (AvgIpc) is 2.97. The molecule has 3 rings (SSSR count). The number of rotatable bonds is 5. The molecule has 1 aromatic rings. The third kappa shape index (κ3) is 5.45. The second kappa shape index (κ2) is 10.8. The first kappa shape index (κ1) is 22.6. The van der Waals surface area contributed by atoms with Gasteiger partial charge in [0.15, 0.2) is 0 Å². The summed E-state index contributed by atoms with van der Waals surface area (Å²) >= 11 is 1.77. The molecule has 0 atom stereocenters. The number of likely N-dealkylation sites (N-methyl/N-ethyl adjacent to an activating group) is 1. The van der Waals surface area contributed by atoms with Crippen LogP contribution in [-0.2, 0) is 6.42 Å². The molecule has 28 heavy (non-hydrogen) atoms. The maximum Gasteiger partial charge on any atom is 0.142 e. The molecule has 3 heterocycles. The molecule has 2 N–H and O–H groups in total. The lowest BCUT2D eigenvalue weighted by atomic mass is 10.1. The molecule has 1 aromatic heterocycles. The van der Waals surface area contributed by atoms with Crippen LogP contribution in [0.15, 0.2) is 28.2 Å². The Kier molecular flexibility index (Phi) is 8.70. The third-order valence-corrected chi connectivity index (χ3v) is 6.47. The molecule has 0 spiro atoms. The molecule has 6 heteroatoms. The van der Waals surface area contributed by atoms with Crippen molar-refractivity contribution in [1.82, 2.24) is 14.8 Å². The Morgan fingerprint density at radius 3 is 2.43 bits per heavy atom. The number of hydrogen-bond donors (Lipinski definition) is 1. The lowest BCUT2D eigenvalue weighted by Crippen LogP contribution is -2.44. The fourth-order valence-corrected chi connectivity index (χ4v) is 4.59. The minimum absolute atomic E-state index is 0.674. The molecular formula is C22H37N5S. The minimum Gasteiger partial charge on any atom is -0.384 e. The largest absolute Gasteiger partial charge is 0.384 e. The van der Waals surface area contributed by atoms with Crippen molar-refractivity contribution in [3.8, 4) is 0 Å². The molecule has 0 unspecified atom stereocenters. The highest BCUT2D eigenvalue weighted by Crippen LogP contribution is 2.28. The van der Waals surface area contributed by atoms with E-state index in [2.05, 4.69) is 43.7 Å². The minimum atomic E-state index is 0.674. The van der Waals surface area contributed by atoms with E-state index in [4.69, 9.17) is 15.7 Å². The molecule has 5 nitrogen and oxygen atoms in total. The van der Waals surface area contributed by atoms with E-state index in [-0.39, 0.29) is 0 Å². The van der Waals surface area contributed by atoms with Crippen LogP contribution in [0.1, 0.15) is 62.5 Å². The van der Waals surface area contributed by atoms with E-state index in [0.717, 1.165) is 68.3 Å². The summed E-state index contributed by atoms with van der Waals surface area (Å²) in [6.07, 6.45) is 6.28. The molecule has 0 bridgehead atoms. The number of hydrogen-bond acceptors (Lipinski definition) is 6. The van der Waals surface area contributed by atoms with Crippen molar-refractivity contribution in [3.63, 3.8) is 0 Å². The van der Waals surface area contributed by atoms with E-state index in [1.54, 1.807) is 11.3 Å². The predicted octanol–water partition coefficient (Wildman–Crippen LogP) is 4.33. The lowest BCUT2D eigenvalue weighted by molar-refractivity contribution is 0.184. The lowest BCUT2D eigenvalue weighted by Gasteiger charge is -2.35. The Labute approximate surface area is 175 Å². The second-order valence-corrected chi connectivity index (χ2v) is 8.30. The van der Waals surface area contributed by atoms with Crippen molar-refractivity contribution < 1.29 is 0 Å². The Hall–Kier alpha value is -1.66. The first-order valence-electron chi connectivity index (χ1n) is 10.7. The zero-order valence-electron chi connectivity index (χ0n) is 18.5. The standard InChI is InChI=1S/C20H31N5S.C2H6/c1-5-7-18-14(3)22-20(26-18)17-13-16(12-15(6-2)19(21)23-17)25-10-8-24(4)9-11-25;1-2/h13H,5-12,21H2,1-4H3;1-2H3. The molecule has 2 aliphatic rings. The highest BCUT2D eigenvalue weighted by molar-refractivity contribution is 7.14. The number of aliphatic imine (C=N–C) groups is 1. The van der Waals surface area contributed by atoms with Crippen LogP contribution in [-0.4, -0.2) is 53.7 Å². The number of thiazole rings is 1. The van der Waals surface area contributed by atoms with Crippen molar-refractivity contribution >= 4 is 17.0 Å². The number of aryl methyl sites for hydroxylation is 2. The normalized spacial score (nSPS) is 18.3. The van der Waals surface area contributed by atoms with Crippen molar-refractivity contribution in [2.75, 3.05) is 33.2 Å². The maximum atomic E-state index is 6.34. The maximum absolute atomic E-state index is 6.34. The van der Waals surface area contributed by atoms with Crippen molar-refractivity contribution in [2.45, 2.75) is 60.3 Å². The van der Waals surface area contributed by atoms with Crippen LogP contribution in [0.5, 0.6) is 0 Å². The third-order valence-electron chi connectivity index (χ3n) is 5.23. The van der Waals surface area contributed by atoms with Gasteiger partial charge in [0.2, 0.25) is 0 Å². The summed E-state index contributed by atoms with van der Waals surface area (Å²) in [5.41, 5.74) is 11.0. The van der Waals surface area contributed by atoms with Crippen LogP contribution in [0.4, 0.5) is 0 Å². The van der Waals surface area contributed by atoms with E-state index >= 15 is 0 Å². The molecule has 0 aromatic carbocycles. The zero-order valence-corrected chi connectivity index (χ0v) is 19.3. The first-order valence-corrected chi connectivity index (χ1v) is 11.5. The van der Waals surface area contributed by atoms with Crippen LogP contribution in [0, 0.1) is 6.92 Å². The molecule has 1 fully saturated rings. The number of nitrogens with zero attached hydrogens (tertiary/aromatic N) is 4. The van der Waals surface area contributed by atoms with E-state index in [1.807, 2.05) is 13.8 Å². The highest BCUT2D eigenvalue weighted by Gasteiger charge is 2.22. The Morgan fingerprint density at radius 2 is 1.82 bits per heavy atom. The summed E-state index contributed by atoms with van der Waals surface area (Å²) in [6, 6.07) is 0. The van der Waals surface area contributed by atoms with Crippen molar-refractivity contribution in [2.24, 2.45) is 10.7 Å². The zero-order chi connectivity index (χ0) is 20.7. The molecular weight excluding hydrogens is 366 g/mol. The Balaban J connectivity index is 0.00000136. The predicted molar refractivity (Wildman–Crippen MR) is 122 cm³/mol.